The number of benzene rings is 2. The lowest BCUT2D eigenvalue weighted by molar-refractivity contribution is -0.138. The predicted octanol–water partition coefficient (Wildman–Crippen LogP) is 5.67. The second-order valence-corrected chi connectivity index (χ2v) is 4.38. The molecule has 0 aliphatic rings. The number of halogens is 8. The van der Waals surface area contributed by atoms with E-state index in [4.69, 9.17) is 0 Å². The van der Waals surface area contributed by atoms with Crippen molar-refractivity contribution in [2.45, 2.75) is 12.4 Å². The first-order valence-electron chi connectivity index (χ1n) is 5.74. The Balaban J connectivity index is 2.57. The quantitative estimate of drug-likeness (QED) is 0.592. The summed E-state index contributed by atoms with van der Waals surface area (Å²) in [7, 11) is 0. The summed E-state index contributed by atoms with van der Waals surface area (Å²) in [6.45, 7) is 0. The molecule has 2 aromatic rings. The minimum atomic E-state index is -4.81. The lowest BCUT2D eigenvalue weighted by Gasteiger charge is -2.12. The average Bonchev–Trinajstić information content (AvgIpc) is 2.37. The van der Waals surface area contributed by atoms with Crippen LogP contribution < -0.4 is 0 Å². The number of alkyl halides is 6. The summed E-state index contributed by atoms with van der Waals surface area (Å²) >= 11 is 0. The fourth-order valence-corrected chi connectivity index (χ4v) is 1.82. The first kappa shape index (κ1) is 16.3. The van der Waals surface area contributed by atoms with Crippen LogP contribution in [-0.4, -0.2) is 0 Å². The lowest BCUT2D eigenvalue weighted by Crippen LogP contribution is -2.07. The minimum Gasteiger partial charge on any atom is -0.206 e. The van der Waals surface area contributed by atoms with Crippen molar-refractivity contribution in [1.29, 1.82) is 0 Å². The van der Waals surface area contributed by atoms with Crippen molar-refractivity contribution in [1.82, 2.24) is 0 Å². The van der Waals surface area contributed by atoms with E-state index in [1.54, 1.807) is 0 Å². The summed E-state index contributed by atoms with van der Waals surface area (Å²) in [6.07, 6.45) is -9.60. The van der Waals surface area contributed by atoms with Gasteiger partial charge in [-0.3, -0.25) is 0 Å². The van der Waals surface area contributed by atoms with E-state index in [9.17, 15) is 35.1 Å². The van der Waals surface area contributed by atoms with Gasteiger partial charge in [0, 0.05) is 11.1 Å². The molecular formula is C14H6F8. The van der Waals surface area contributed by atoms with Gasteiger partial charge in [0.15, 0.2) is 0 Å². The summed E-state index contributed by atoms with van der Waals surface area (Å²) in [4.78, 5) is 0. The summed E-state index contributed by atoms with van der Waals surface area (Å²) in [5, 5.41) is 0. The molecule has 0 nitrogen and oxygen atoms in total. The van der Waals surface area contributed by atoms with Gasteiger partial charge in [0.2, 0.25) is 0 Å². The van der Waals surface area contributed by atoms with E-state index in [-0.39, 0.29) is 6.07 Å². The second kappa shape index (κ2) is 5.26. The smallest absolute Gasteiger partial charge is 0.206 e. The Hall–Kier alpha value is -2.12. The van der Waals surface area contributed by atoms with Crippen LogP contribution in [0.4, 0.5) is 35.1 Å². The normalized spacial score (nSPS) is 12.5. The number of hydrogen-bond donors (Lipinski definition) is 0. The van der Waals surface area contributed by atoms with Gasteiger partial charge in [0.05, 0.1) is 11.1 Å². The zero-order valence-electron chi connectivity index (χ0n) is 10.5. The van der Waals surface area contributed by atoms with Crippen molar-refractivity contribution >= 4 is 0 Å². The maximum absolute atomic E-state index is 13.7. The van der Waals surface area contributed by atoms with Gasteiger partial charge in [-0.25, -0.2) is 8.78 Å². The summed E-state index contributed by atoms with van der Waals surface area (Å²) in [5.41, 5.74) is -4.00. The van der Waals surface area contributed by atoms with Gasteiger partial charge < -0.3 is 0 Å². The van der Waals surface area contributed by atoms with Crippen LogP contribution in [-0.2, 0) is 12.4 Å². The molecule has 0 aliphatic heterocycles. The van der Waals surface area contributed by atoms with Crippen LogP contribution in [0, 0.1) is 11.6 Å². The maximum atomic E-state index is 13.7. The van der Waals surface area contributed by atoms with E-state index in [0.717, 1.165) is 0 Å². The molecule has 8 heteroatoms. The van der Waals surface area contributed by atoms with Crippen molar-refractivity contribution in [3.05, 3.63) is 59.2 Å². The Bertz CT molecular complexity index is 697. The highest BCUT2D eigenvalue weighted by Crippen LogP contribution is 2.36. The Kier molecular flexibility index (Phi) is 3.88. The molecule has 0 saturated heterocycles. The van der Waals surface area contributed by atoms with Crippen LogP contribution in [0.25, 0.3) is 11.1 Å². The van der Waals surface area contributed by atoms with Gasteiger partial charge in [-0.15, -0.1) is 0 Å². The molecule has 2 aromatic carbocycles. The molecule has 0 saturated carbocycles. The molecule has 0 heterocycles. The maximum Gasteiger partial charge on any atom is 0.416 e. The number of rotatable bonds is 1. The zero-order chi connectivity index (χ0) is 16.7. The molecule has 0 fully saturated rings. The van der Waals surface area contributed by atoms with Gasteiger partial charge >= 0.3 is 12.4 Å². The highest BCUT2D eigenvalue weighted by Gasteiger charge is 2.33. The van der Waals surface area contributed by atoms with Gasteiger partial charge in [0.25, 0.3) is 0 Å². The molecular weight excluding hydrogens is 320 g/mol. The highest BCUT2D eigenvalue weighted by atomic mass is 19.4. The van der Waals surface area contributed by atoms with Crippen LogP contribution in [0.1, 0.15) is 11.1 Å². The molecule has 0 N–H and O–H groups in total. The van der Waals surface area contributed by atoms with Gasteiger partial charge in [-0.05, 0) is 30.3 Å². The van der Waals surface area contributed by atoms with E-state index in [2.05, 4.69) is 0 Å². The molecule has 0 atom stereocenters. The Labute approximate surface area is 119 Å². The molecule has 0 amide bonds. The molecule has 0 aliphatic carbocycles. The van der Waals surface area contributed by atoms with Gasteiger partial charge in [-0.1, -0.05) is 6.07 Å². The number of hydrogen-bond acceptors (Lipinski definition) is 0. The fraction of sp³-hybridized carbons (Fsp3) is 0.143. The third-order valence-electron chi connectivity index (χ3n) is 2.88. The van der Waals surface area contributed by atoms with E-state index < -0.39 is 46.2 Å². The SMILES string of the molecule is Fc1cc(C(F)(F)F)ccc1-c1cc(C(F)(F)F)ccc1F. The summed E-state index contributed by atoms with van der Waals surface area (Å²) < 4.78 is 102. The molecule has 0 bridgehead atoms. The fourth-order valence-electron chi connectivity index (χ4n) is 1.82. The van der Waals surface area contributed by atoms with Crippen LogP contribution in [0.15, 0.2) is 36.4 Å². The third kappa shape index (κ3) is 3.20. The molecule has 0 unspecified atom stereocenters. The van der Waals surface area contributed by atoms with Crippen molar-refractivity contribution < 1.29 is 35.1 Å². The van der Waals surface area contributed by atoms with Crippen LogP contribution in [0.2, 0.25) is 0 Å². The first-order chi connectivity index (χ1) is 10.00. The predicted molar refractivity (Wildman–Crippen MR) is 61.8 cm³/mol. The van der Waals surface area contributed by atoms with E-state index in [1.165, 1.54) is 0 Å². The molecule has 2 rings (SSSR count). The van der Waals surface area contributed by atoms with E-state index >= 15 is 0 Å². The average molecular weight is 326 g/mol. The van der Waals surface area contributed by atoms with Gasteiger partial charge in [0.1, 0.15) is 11.6 Å². The minimum absolute atomic E-state index is 0.106. The molecule has 0 radical (unpaired) electrons. The summed E-state index contributed by atoms with van der Waals surface area (Å²) in [5.74, 6) is -2.64. The Morgan fingerprint density at radius 1 is 0.545 bits per heavy atom. The monoisotopic (exact) mass is 326 g/mol. The van der Waals surface area contributed by atoms with Crippen LogP contribution in [0.5, 0.6) is 0 Å². The molecule has 0 spiro atoms. The van der Waals surface area contributed by atoms with Crippen molar-refractivity contribution in [2.24, 2.45) is 0 Å². The topological polar surface area (TPSA) is 0 Å². The molecule has 22 heavy (non-hydrogen) atoms. The standard InChI is InChI=1S/C14H6F8/c15-11-4-2-7(13(17,18)19)5-10(11)9-3-1-8(6-12(9)16)14(20,21)22/h1-6H. The zero-order valence-corrected chi connectivity index (χ0v) is 10.5. The van der Waals surface area contributed by atoms with Gasteiger partial charge in [-0.2, -0.15) is 26.3 Å². The first-order valence-corrected chi connectivity index (χ1v) is 5.74. The lowest BCUT2D eigenvalue weighted by atomic mass is 10.00. The van der Waals surface area contributed by atoms with Crippen LogP contribution in [0.3, 0.4) is 0 Å². The largest absolute Gasteiger partial charge is 0.416 e. The second-order valence-electron chi connectivity index (χ2n) is 4.38. The van der Waals surface area contributed by atoms with Crippen molar-refractivity contribution in [3.63, 3.8) is 0 Å². The molecule has 118 valence electrons. The van der Waals surface area contributed by atoms with E-state index in [1.807, 2.05) is 0 Å². The third-order valence-corrected chi connectivity index (χ3v) is 2.88. The van der Waals surface area contributed by atoms with Crippen LogP contribution >= 0.6 is 0 Å². The summed E-state index contributed by atoms with van der Waals surface area (Å²) in [6, 6.07) is 2.46. The molecule has 0 aromatic heterocycles. The van der Waals surface area contributed by atoms with Crippen molar-refractivity contribution in [2.75, 3.05) is 0 Å². The van der Waals surface area contributed by atoms with Crippen molar-refractivity contribution in [3.8, 4) is 11.1 Å². The highest BCUT2D eigenvalue weighted by molar-refractivity contribution is 5.66. The van der Waals surface area contributed by atoms with E-state index in [0.29, 0.717) is 30.3 Å². The Morgan fingerprint density at radius 2 is 1.05 bits per heavy atom. The Morgan fingerprint density at radius 3 is 1.55 bits per heavy atom.